The molecule has 0 unspecified atom stereocenters. The first-order chi connectivity index (χ1) is 24.7. The van der Waals surface area contributed by atoms with E-state index in [9.17, 15) is 24.2 Å². The third kappa shape index (κ3) is 10.8. The number of nitrogens with one attached hydrogen (secondary N) is 1. The van der Waals surface area contributed by atoms with Crippen LogP contribution >= 0.6 is 0 Å². The Morgan fingerprint density at radius 3 is 2.35 bits per heavy atom. The number of aryl methyl sites for hydroxylation is 2. The predicted octanol–water partition coefficient (Wildman–Crippen LogP) is 6.25. The van der Waals surface area contributed by atoms with Crippen molar-refractivity contribution < 1.29 is 24.2 Å². The fourth-order valence-electron chi connectivity index (χ4n) is 7.12. The lowest BCUT2D eigenvalue weighted by Gasteiger charge is -2.32. The molecular formula is C40H53FN6O4. The summed E-state index contributed by atoms with van der Waals surface area (Å²) >= 11 is 0. The minimum Gasteiger partial charge on any atom is -0.394 e. The van der Waals surface area contributed by atoms with Crippen LogP contribution in [0.3, 0.4) is 0 Å². The monoisotopic (exact) mass is 700 g/mol. The van der Waals surface area contributed by atoms with E-state index in [1.54, 1.807) is 12.1 Å². The van der Waals surface area contributed by atoms with Gasteiger partial charge >= 0.3 is 0 Å². The zero-order valence-electron chi connectivity index (χ0n) is 30.0. The molecule has 0 spiro atoms. The number of carbonyl (C=O) groups is 2. The van der Waals surface area contributed by atoms with Crippen molar-refractivity contribution in [1.82, 2.24) is 29.8 Å². The number of carbonyl (C=O) groups excluding carboxylic acids is 2. The van der Waals surface area contributed by atoms with Crippen molar-refractivity contribution in [2.24, 2.45) is 5.92 Å². The van der Waals surface area contributed by atoms with E-state index in [0.29, 0.717) is 31.0 Å². The van der Waals surface area contributed by atoms with E-state index >= 15 is 0 Å². The summed E-state index contributed by atoms with van der Waals surface area (Å²) in [5.74, 6) is 0.117. The third-order valence-electron chi connectivity index (χ3n) is 10.0. The van der Waals surface area contributed by atoms with E-state index < -0.39 is 12.1 Å². The van der Waals surface area contributed by atoms with Crippen molar-refractivity contribution in [3.8, 4) is 5.69 Å². The first kappa shape index (κ1) is 37.9. The Hall–Kier alpha value is -4.35. The average Bonchev–Trinajstić information content (AvgIpc) is 3.71. The summed E-state index contributed by atoms with van der Waals surface area (Å²) in [4.78, 5) is 27.8. The smallest absolute Gasteiger partial charge is 0.255 e. The molecule has 5 rings (SSSR count). The van der Waals surface area contributed by atoms with Crippen LogP contribution < -0.4 is 5.32 Å². The Kier molecular flexibility index (Phi) is 13.9. The third-order valence-corrected chi connectivity index (χ3v) is 10.0. The van der Waals surface area contributed by atoms with Crippen molar-refractivity contribution in [2.75, 3.05) is 19.7 Å². The second kappa shape index (κ2) is 18.8. The molecule has 51 heavy (non-hydrogen) atoms. The van der Waals surface area contributed by atoms with Gasteiger partial charge in [-0.15, -0.1) is 5.10 Å². The Morgan fingerprint density at radius 1 is 0.961 bits per heavy atom. The van der Waals surface area contributed by atoms with Crippen LogP contribution in [0.25, 0.3) is 5.69 Å². The molecule has 11 heteroatoms. The van der Waals surface area contributed by atoms with E-state index in [2.05, 4.69) is 21.8 Å². The van der Waals surface area contributed by atoms with E-state index in [4.69, 9.17) is 0 Å². The first-order valence-corrected chi connectivity index (χ1v) is 18.5. The molecule has 4 aromatic rings. The van der Waals surface area contributed by atoms with Gasteiger partial charge in [-0.2, -0.15) is 0 Å². The fraction of sp³-hybridized carbons (Fsp3) is 0.500. The van der Waals surface area contributed by atoms with Crippen LogP contribution in [0.15, 0.2) is 66.9 Å². The highest BCUT2D eigenvalue weighted by atomic mass is 19.1. The first-order valence-electron chi connectivity index (χ1n) is 18.5. The summed E-state index contributed by atoms with van der Waals surface area (Å²) < 4.78 is 17.4. The summed E-state index contributed by atoms with van der Waals surface area (Å²) in [5, 5.41) is 31.7. The van der Waals surface area contributed by atoms with Crippen molar-refractivity contribution in [2.45, 2.75) is 103 Å². The minimum atomic E-state index is -0.729. The lowest BCUT2D eigenvalue weighted by Crippen LogP contribution is -2.39. The van der Waals surface area contributed by atoms with Crippen LogP contribution in [-0.4, -0.2) is 72.2 Å². The van der Waals surface area contributed by atoms with Gasteiger partial charge in [-0.1, -0.05) is 61.2 Å². The molecule has 2 atom stereocenters. The molecule has 2 aromatic carbocycles. The maximum absolute atomic E-state index is 13.5. The van der Waals surface area contributed by atoms with Crippen molar-refractivity contribution >= 4 is 11.8 Å². The van der Waals surface area contributed by atoms with Crippen LogP contribution in [0.4, 0.5) is 4.39 Å². The van der Waals surface area contributed by atoms with Gasteiger partial charge in [-0.05, 0) is 94.2 Å². The molecule has 274 valence electrons. The molecule has 0 bridgehead atoms. The molecule has 2 amide bonds. The maximum atomic E-state index is 13.5. The maximum Gasteiger partial charge on any atom is 0.255 e. The van der Waals surface area contributed by atoms with Crippen LogP contribution in [0.1, 0.15) is 103 Å². The Morgan fingerprint density at radius 2 is 1.65 bits per heavy atom. The minimum absolute atomic E-state index is 0.0475. The molecule has 1 aliphatic heterocycles. The van der Waals surface area contributed by atoms with Crippen molar-refractivity contribution in [1.29, 1.82) is 0 Å². The van der Waals surface area contributed by atoms with Gasteiger partial charge in [-0.3, -0.25) is 14.3 Å². The highest BCUT2D eigenvalue weighted by molar-refractivity contribution is 5.96. The number of aromatic nitrogens is 4. The zero-order valence-corrected chi connectivity index (χ0v) is 30.0. The molecule has 1 fully saturated rings. The number of likely N-dealkylation sites (tertiary alicyclic amines) is 1. The van der Waals surface area contributed by atoms with Crippen LogP contribution in [0.5, 0.6) is 0 Å². The van der Waals surface area contributed by atoms with Gasteiger partial charge in [-0.25, -0.2) is 4.39 Å². The fourth-order valence-corrected chi connectivity index (χ4v) is 7.12. The standard InChI is InChI=1S/C40H53FN6O4/c1-29-24-37(30(2)47(29)36-18-16-33(41)17-19-36)40(51)45-22-20-31(21-23-45)26-46-27-34(43-44-46)14-10-5-3-4-6-11-15-39(50)42-35(28-48)25-38(49)32-12-8-7-9-13-32/h7-9,12-13,16-19,24,27,31,35,38,48-49H,3-6,10-11,14-15,20-23,25-26,28H2,1-2H3,(H,42,50)/t35-,38+/m1/s1. The summed E-state index contributed by atoms with van der Waals surface area (Å²) in [6.07, 6.45) is 10.8. The number of piperidine rings is 1. The van der Waals surface area contributed by atoms with Gasteiger partial charge in [0.2, 0.25) is 5.91 Å². The second-order valence-corrected chi connectivity index (χ2v) is 14.0. The van der Waals surface area contributed by atoms with Crippen LogP contribution in [0.2, 0.25) is 0 Å². The van der Waals surface area contributed by atoms with E-state index in [1.807, 2.05) is 64.4 Å². The summed E-state index contributed by atoms with van der Waals surface area (Å²) in [6, 6.07) is 17.1. The molecule has 0 radical (unpaired) electrons. The zero-order chi connectivity index (χ0) is 36.2. The molecule has 0 saturated carbocycles. The summed E-state index contributed by atoms with van der Waals surface area (Å²) in [6.45, 7) is 5.92. The molecule has 2 aromatic heterocycles. The number of hydrogen-bond donors (Lipinski definition) is 3. The summed E-state index contributed by atoms with van der Waals surface area (Å²) in [7, 11) is 0. The average molecular weight is 701 g/mol. The number of aliphatic hydroxyl groups is 2. The van der Waals surface area contributed by atoms with Gasteiger partial charge in [0.25, 0.3) is 5.91 Å². The van der Waals surface area contributed by atoms with E-state index in [-0.39, 0.29) is 30.7 Å². The van der Waals surface area contributed by atoms with Crippen LogP contribution in [0, 0.1) is 25.6 Å². The lowest BCUT2D eigenvalue weighted by molar-refractivity contribution is -0.122. The second-order valence-electron chi connectivity index (χ2n) is 14.0. The topological polar surface area (TPSA) is 126 Å². The number of hydrogen-bond acceptors (Lipinski definition) is 6. The molecule has 1 saturated heterocycles. The predicted molar refractivity (Wildman–Crippen MR) is 195 cm³/mol. The van der Waals surface area contributed by atoms with Gasteiger partial charge in [0.05, 0.1) is 30.0 Å². The molecule has 1 aliphatic rings. The largest absolute Gasteiger partial charge is 0.394 e. The van der Waals surface area contributed by atoms with Gasteiger partial charge in [0, 0.05) is 49.3 Å². The number of amides is 2. The van der Waals surface area contributed by atoms with E-state index in [1.165, 1.54) is 12.1 Å². The number of rotatable bonds is 18. The number of unbranched alkanes of at least 4 members (excludes halogenated alkanes) is 5. The highest BCUT2D eigenvalue weighted by Crippen LogP contribution is 2.26. The van der Waals surface area contributed by atoms with Crippen molar-refractivity contribution in [3.63, 3.8) is 0 Å². The van der Waals surface area contributed by atoms with Gasteiger partial charge in [0.15, 0.2) is 0 Å². The van der Waals surface area contributed by atoms with Crippen LogP contribution in [-0.2, 0) is 17.8 Å². The van der Waals surface area contributed by atoms with Gasteiger partial charge in [0.1, 0.15) is 5.82 Å². The molecule has 10 nitrogen and oxygen atoms in total. The van der Waals surface area contributed by atoms with Gasteiger partial charge < -0.3 is 25.0 Å². The highest BCUT2D eigenvalue weighted by Gasteiger charge is 2.27. The quantitative estimate of drug-likeness (QED) is 0.105. The Labute approximate surface area is 300 Å². The lowest BCUT2D eigenvalue weighted by atomic mass is 9.96. The Balaban J connectivity index is 0.931. The number of nitrogens with zero attached hydrogens (tertiary/aromatic N) is 5. The normalized spacial score (nSPS) is 14.8. The van der Waals surface area contributed by atoms with E-state index in [0.717, 1.165) is 92.7 Å². The number of aliphatic hydroxyl groups excluding tert-OH is 2. The molecule has 3 N–H and O–H groups in total. The Bertz CT molecular complexity index is 1680. The SMILES string of the molecule is Cc1cc(C(=O)N2CCC(Cn3cc(CCCCCCCCC(=O)N[C@@H](CO)C[C@H](O)c4ccccc4)nn3)CC2)c(C)n1-c1ccc(F)cc1. The number of benzene rings is 2. The summed E-state index contributed by atoms with van der Waals surface area (Å²) in [5.41, 5.74) is 5.14. The molecule has 3 heterocycles. The molecular weight excluding hydrogens is 647 g/mol. The molecule has 0 aliphatic carbocycles. The number of halogens is 1. The van der Waals surface area contributed by atoms with Crippen molar-refractivity contribution in [3.05, 3.63) is 101 Å².